The first-order valence-electron chi connectivity index (χ1n) is 13.9. The van der Waals surface area contributed by atoms with Crippen LogP contribution >= 0.6 is 11.6 Å². The van der Waals surface area contributed by atoms with Crippen LogP contribution in [-0.4, -0.2) is 92.9 Å². The standard InChI is InChI=1S/C29H39ClN4O5S/c1-23(29(36)31-14-17-32-18-20-39-21-19-32)34(22-25-4-9-26(30)10-5-25)28(35)13-8-24-6-11-27(12-7-24)40(37,38)33-15-2-3-16-33/h4-7,9-12,23H,2-3,8,13-22H2,1H3,(H,31,36). The van der Waals surface area contributed by atoms with Crippen molar-refractivity contribution >= 4 is 33.4 Å². The van der Waals surface area contributed by atoms with E-state index >= 15 is 0 Å². The van der Waals surface area contributed by atoms with Crippen LogP contribution in [0.5, 0.6) is 0 Å². The molecule has 2 aliphatic rings. The Morgan fingerprint density at radius 2 is 1.60 bits per heavy atom. The van der Waals surface area contributed by atoms with Crippen molar-refractivity contribution in [3.8, 4) is 0 Å². The van der Waals surface area contributed by atoms with Crippen LogP contribution in [0.1, 0.15) is 37.3 Å². The quantitative estimate of drug-likeness (QED) is 0.408. The number of rotatable bonds is 12. The van der Waals surface area contributed by atoms with Crippen LogP contribution in [0.15, 0.2) is 53.4 Å². The van der Waals surface area contributed by atoms with Crippen molar-refractivity contribution in [3.63, 3.8) is 0 Å². The number of benzene rings is 2. The SMILES string of the molecule is CC(C(=O)NCCN1CCOCC1)N(Cc1ccc(Cl)cc1)C(=O)CCc1ccc(S(=O)(=O)N2CCCC2)cc1. The molecule has 2 fully saturated rings. The maximum absolute atomic E-state index is 13.5. The lowest BCUT2D eigenvalue weighted by molar-refractivity contribution is -0.140. The number of hydrogen-bond donors (Lipinski definition) is 1. The van der Waals surface area contributed by atoms with Crippen LogP contribution in [0, 0.1) is 0 Å². The summed E-state index contributed by atoms with van der Waals surface area (Å²) in [6.45, 7) is 7.46. The predicted molar refractivity (Wildman–Crippen MR) is 154 cm³/mol. The maximum atomic E-state index is 13.5. The molecule has 1 atom stereocenters. The van der Waals surface area contributed by atoms with Gasteiger partial charge < -0.3 is 15.0 Å². The first-order chi connectivity index (χ1) is 19.2. The molecule has 0 radical (unpaired) electrons. The fraction of sp³-hybridized carbons (Fsp3) is 0.517. The number of ether oxygens (including phenoxy) is 1. The number of hydrogen-bond acceptors (Lipinski definition) is 6. The molecule has 2 amide bonds. The molecule has 0 aliphatic carbocycles. The molecule has 1 N–H and O–H groups in total. The highest BCUT2D eigenvalue weighted by atomic mass is 35.5. The fourth-order valence-corrected chi connectivity index (χ4v) is 6.62. The van der Waals surface area contributed by atoms with Gasteiger partial charge in [-0.2, -0.15) is 4.31 Å². The second kappa shape index (κ2) is 14.4. The fourth-order valence-electron chi connectivity index (χ4n) is 4.98. The minimum Gasteiger partial charge on any atom is -0.379 e. The summed E-state index contributed by atoms with van der Waals surface area (Å²) in [5.41, 5.74) is 1.74. The van der Waals surface area contributed by atoms with Gasteiger partial charge in [-0.3, -0.25) is 14.5 Å². The number of amides is 2. The predicted octanol–water partition coefficient (Wildman–Crippen LogP) is 2.92. The zero-order valence-corrected chi connectivity index (χ0v) is 24.6. The van der Waals surface area contributed by atoms with Gasteiger partial charge in [-0.05, 0) is 61.6 Å². The molecule has 0 saturated carbocycles. The zero-order valence-electron chi connectivity index (χ0n) is 23.1. The number of carbonyl (C=O) groups is 2. The van der Waals surface area contributed by atoms with Gasteiger partial charge in [-0.1, -0.05) is 35.9 Å². The highest BCUT2D eigenvalue weighted by Crippen LogP contribution is 2.22. The van der Waals surface area contributed by atoms with Crippen LogP contribution in [0.4, 0.5) is 0 Å². The normalized spacial score (nSPS) is 17.4. The number of sulfonamides is 1. The summed E-state index contributed by atoms with van der Waals surface area (Å²) in [6, 6.07) is 13.3. The molecule has 2 aromatic carbocycles. The van der Waals surface area contributed by atoms with Gasteiger partial charge in [-0.15, -0.1) is 0 Å². The van der Waals surface area contributed by atoms with Crippen molar-refractivity contribution in [1.29, 1.82) is 0 Å². The lowest BCUT2D eigenvalue weighted by Gasteiger charge is -2.30. The van der Waals surface area contributed by atoms with E-state index in [2.05, 4.69) is 10.2 Å². The van der Waals surface area contributed by atoms with Crippen molar-refractivity contribution in [3.05, 3.63) is 64.7 Å². The van der Waals surface area contributed by atoms with E-state index in [1.165, 1.54) is 4.31 Å². The maximum Gasteiger partial charge on any atom is 0.243 e. The molecule has 11 heteroatoms. The van der Waals surface area contributed by atoms with Crippen LogP contribution in [0.25, 0.3) is 0 Å². The van der Waals surface area contributed by atoms with E-state index in [9.17, 15) is 18.0 Å². The van der Waals surface area contributed by atoms with Gasteiger partial charge in [0.15, 0.2) is 0 Å². The zero-order chi connectivity index (χ0) is 28.5. The summed E-state index contributed by atoms with van der Waals surface area (Å²) in [5, 5.41) is 3.58. The molecule has 218 valence electrons. The number of nitrogens with zero attached hydrogens (tertiary/aromatic N) is 3. The van der Waals surface area contributed by atoms with Crippen molar-refractivity contribution in [2.24, 2.45) is 0 Å². The highest BCUT2D eigenvalue weighted by Gasteiger charge is 2.28. The van der Waals surface area contributed by atoms with E-state index in [0.717, 1.165) is 43.6 Å². The third kappa shape index (κ3) is 8.27. The van der Waals surface area contributed by atoms with Gasteiger partial charge in [0.05, 0.1) is 18.1 Å². The summed E-state index contributed by atoms with van der Waals surface area (Å²) in [5.74, 6) is -0.355. The monoisotopic (exact) mass is 590 g/mol. The summed E-state index contributed by atoms with van der Waals surface area (Å²) < 4.78 is 32.5. The number of nitrogens with one attached hydrogen (secondary N) is 1. The van der Waals surface area contributed by atoms with E-state index in [-0.39, 0.29) is 29.7 Å². The van der Waals surface area contributed by atoms with Crippen LogP contribution in [0.3, 0.4) is 0 Å². The molecule has 2 heterocycles. The molecule has 2 aromatic rings. The van der Waals surface area contributed by atoms with Crippen molar-refractivity contribution in [2.45, 2.75) is 50.1 Å². The molecule has 0 bridgehead atoms. The van der Waals surface area contributed by atoms with Crippen LogP contribution in [-0.2, 0) is 37.3 Å². The Bertz CT molecular complexity index is 1230. The van der Waals surface area contributed by atoms with Gasteiger partial charge in [0.2, 0.25) is 21.8 Å². The Labute approximate surface area is 242 Å². The van der Waals surface area contributed by atoms with Crippen molar-refractivity contribution in [2.75, 3.05) is 52.5 Å². The van der Waals surface area contributed by atoms with Gasteiger partial charge in [0, 0.05) is 57.3 Å². The Kier molecular flexibility index (Phi) is 11.0. The van der Waals surface area contributed by atoms with E-state index in [0.29, 0.717) is 44.3 Å². The minimum absolute atomic E-state index is 0.153. The third-order valence-electron chi connectivity index (χ3n) is 7.52. The number of carbonyl (C=O) groups excluding carboxylic acids is 2. The topological polar surface area (TPSA) is 99.3 Å². The molecular formula is C29H39ClN4O5S. The molecule has 0 aromatic heterocycles. The second-order valence-electron chi connectivity index (χ2n) is 10.3. The van der Waals surface area contributed by atoms with E-state index in [1.54, 1.807) is 48.2 Å². The van der Waals surface area contributed by atoms with Crippen molar-refractivity contribution < 1.29 is 22.7 Å². The smallest absolute Gasteiger partial charge is 0.243 e. The molecule has 1 unspecified atom stereocenters. The Morgan fingerprint density at radius 3 is 2.25 bits per heavy atom. The van der Waals surface area contributed by atoms with Gasteiger partial charge >= 0.3 is 0 Å². The first-order valence-corrected chi connectivity index (χ1v) is 15.8. The van der Waals surface area contributed by atoms with Gasteiger partial charge in [-0.25, -0.2) is 8.42 Å². The van der Waals surface area contributed by atoms with E-state index in [1.807, 2.05) is 12.1 Å². The van der Waals surface area contributed by atoms with Crippen LogP contribution < -0.4 is 5.32 Å². The molecule has 9 nitrogen and oxygen atoms in total. The molecule has 0 spiro atoms. The Morgan fingerprint density at radius 1 is 0.975 bits per heavy atom. The number of halogens is 1. The van der Waals surface area contributed by atoms with E-state index in [4.69, 9.17) is 16.3 Å². The summed E-state index contributed by atoms with van der Waals surface area (Å²) in [7, 11) is -3.48. The molecule has 40 heavy (non-hydrogen) atoms. The van der Waals surface area contributed by atoms with Gasteiger partial charge in [0.25, 0.3) is 0 Å². The number of aryl methyl sites for hydroxylation is 1. The second-order valence-corrected chi connectivity index (χ2v) is 12.7. The Balaban J connectivity index is 1.37. The molecule has 4 rings (SSSR count). The number of morpholine rings is 1. The minimum atomic E-state index is -3.48. The third-order valence-corrected chi connectivity index (χ3v) is 9.68. The van der Waals surface area contributed by atoms with Gasteiger partial charge in [0.1, 0.15) is 6.04 Å². The average molecular weight is 591 g/mol. The molecule has 2 saturated heterocycles. The lowest BCUT2D eigenvalue weighted by atomic mass is 10.1. The molecule has 2 aliphatic heterocycles. The summed E-state index contributed by atoms with van der Waals surface area (Å²) in [6.07, 6.45) is 2.40. The molecular weight excluding hydrogens is 552 g/mol. The Hall–Kier alpha value is -2.50. The van der Waals surface area contributed by atoms with Crippen LogP contribution in [0.2, 0.25) is 5.02 Å². The summed E-state index contributed by atoms with van der Waals surface area (Å²) >= 11 is 6.04. The van der Waals surface area contributed by atoms with Crippen molar-refractivity contribution in [1.82, 2.24) is 19.4 Å². The first kappa shape index (κ1) is 30.5. The highest BCUT2D eigenvalue weighted by molar-refractivity contribution is 7.89. The van der Waals surface area contributed by atoms with E-state index < -0.39 is 16.1 Å². The largest absolute Gasteiger partial charge is 0.379 e. The average Bonchev–Trinajstić information content (AvgIpc) is 3.52. The summed E-state index contributed by atoms with van der Waals surface area (Å²) in [4.78, 5) is 30.6. The lowest BCUT2D eigenvalue weighted by Crippen LogP contribution is -2.49.